The second-order valence-corrected chi connectivity index (χ2v) is 5.24. The normalized spacial score (nSPS) is 15.4. The Bertz CT molecular complexity index is 571. The summed E-state index contributed by atoms with van der Waals surface area (Å²) in [5.41, 5.74) is 1.82. The molecule has 4 heteroatoms. The molecule has 1 N–H and O–H groups in total. The summed E-state index contributed by atoms with van der Waals surface area (Å²) in [6, 6.07) is 11.7. The molecule has 0 unspecified atom stereocenters. The number of aromatic nitrogens is 1. The maximum atomic E-state index is 11.9. The maximum absolute atomic E-state index is 11.9. The van der Waals surface area contributed by atoms with Crippen LogP contribution < -0.4 is 5.32 Å². The van der Waals surface area contributed by atoms with Gasteiger partial charge in [0.1, 0.15) is 5.69 Å². The third-order valence-electron chi connectivity index (χ3n) is 3.79. The monoisotopic (exact) mass is 270 g/mol. The van der Waals surface area contributed by atoms with E-state index in [4.69, 9.17) is 4.52 Å². The summed E-state index contributed by atoms with van der Waals surface area (Å²) in [5, 5.41) is 6.97. The Morgan fingerprint density at radius 3 is 2.75 bits per heavy atom. The highest BCUT2D eigenvalue weighted by molar-refractivity contribution is 5.78. The fraction of sp³-hybridized carbons (Fsp3) is 0.375. The molecule has 20 heavy (non-hydrogen) atoms. The second-order valence-electron chi connectivity index (χ2n) is 5.24. The van der Waals surface area contributed by atoms with Crippen LogP contribution >= 0.6 is 0 Å². The summed E-state index contributed by atoms with van der Waals surface area (Å²) >= 11 is 0. The first-order valence-electron chi connectivity index (χ1n) is 7.11. The summed E-state index contributed by atoms with van der Waals surface area (Å²) in [5.74, 6) is 1.02. The van der Waals surface area contributed by atoms with E-state index < -0.39 is 0 Å². The molecule has 0 atom stereocenters. The van der Waals surface area contributed by atoms with E-state index in [2.05, 4.69) is 10.5 Å². The standard InChI is InChI=1S/C16H18N2O2/c19-16(13-8-4-5-9-13)17-11-14-10-15(18-20-14)12-6-2-1-3-7-12/h1-3,6-7,10,13H,4-5,8-9,11H2,(H,17,19). The number of carbonyl (C=O) groups is 1. The van der Waals surface area contributed by atoms with Gasteiger partial charge in [-0.3, -0.25) is 4.79 Å². The minimum atomic E-state index is 0.139. The summed E-state index contributed by atoms with van der Waals surface area (Å²) < 4.78 is 5.27. The van der Waals surface area contributed by atoms with Crippen molar-refractivity contribution in [2.24, 2.45) is 5.92 Å². The highest BCUT2D eigenvalue weighted by Crippen LogP contribution is 2.25. The van der Waals surface area contributed by atoms with Crippen molar-refractivity contribution >= 4 is 5.91 Å². The van der Waals surface area contributed by atoms with Crippen molar-refractivity contribution in [3.8, 4) is 11.3 Å². The fourth-order valence-electron chi connectivity index (χ4n) is 2.65. The van der Waals surface area contributed by atoms with Gasteiger partial charge in [0.15, 0.2) is 5.76 Å². The van der Waals surface area contributed by atoms with E-state index in [0.29, 0.717) is 12.3 Å². The molecule has 3 rings (SSSR count). The molecule has 1 saturated carbocycles. The van der Waals surface area contributed by atoms with Crippen LogP contribution in [0.3, 0.4) is 0 Å². The van der Waals surface area contributed by atoms with Crippen molar-refractivity contribution in [3.63, 3.8) is 0 Å². The zero-order valence-corrected chi connectivity index (χ0v) is 11.3. The minimum absolute atomic E-state index is 0.139. The third kappa shape index (κ3) is 2.90. The topological polar surface area (TPSA) is 55.1 Å². The van der Waals surface area contributed by atoms with E-state index in [1.54, 1.807) is 0 Å². The van der Waals surface area contributed by atoms with Gasteiger partial charge in [0.2, 0.25) is 5.91 Å². The van der Waals surface area contributed by atoms with Gasteiger partial charge in [0.25, 0.3) is 0 Å². The molecule has 0 saturated heterocycles. The lowest BCUT2D eigenvalue weighted by Gasteiger charge is -2.08. The van der Waals surface area contributed by atoms with E-state index in [1.165, 1.54) is 12.8 Å². The van der Waals surface area contributed by atoms with Crippen molar-refractivity contribution in [2.75, 3.05) is 0 Å². The average molecular weight is 270 g/mol. The molecular weight excluding hydrogens is 252 g/mol. The zero-order chi connectivity index (χ0) is 13.8. The summed E-state index contributed by atoms with van der Waals surface area (Å²) in [7, 11) is 0. The van der Waals surface area contributed by atoms with Crippen molar-refractivity contribution in [2.45, 2.75) is 32.2 Å². The largest absolute Gasteiger partial charge is 0.359 e. The first-order valence-corrected chi connectivity index (χ1v) is 7.11. The van der Waals surface area contributed by atoms with Crippen molar-refractivity contribution in [3.05, 3.63) is 42.2 Å². The minimum Gasteiger partial charge on any atom is -0.359 e. The van der Waals surface area contributed by atoms with Crippen molar-refractivity contribution in [1.29, 1.82) is 0 Å². The quantitative estimate of drug-likeness (QED) is 0.928. The molecule has 0 aliphatic heterocycles. The van der Waals surface area contributed by atoms with Gasteiger partial charge in [-0.2, -0.15) is 0 Å². The number of nitrogens with one attached hydrogen (secondary N) is 1. The van der Waals surface area contributed by atoms with Crippen molar-refractivity contribution in [1.82, 2.24) is 10.5 Å². The molecule has 1 aromatic heterocycles. The van der Waals surface area contributed by atoms with Gasteiger partial charge in [0, 0.05) is 17.5 Å². The molecule has 1 aliphatic carbocycles. The maximum Gasteiger partial charge on any atom is 0.223 e. The third-order valence-corrected chi connectivity index (χ3v) is 3.79. The molecule has 0 radical (unpaired) electrons. The molecular formula is C16H18N2O2. The highest BCUT2D eigenvalue weighted by atomic mass is 16.5. The van der Waals surface area contributed by atoms with Gasteiger partial charge >= 0.3 is 0 Å². The van der Waals surface area contributed by atoms with Gasteiger partial charge in [-0.25, -0.2) is 0 Å². The SMILES string of the molecule is O=C(NCc1cc(-c2ccccc2)no1)C1CCCC1. The Kier molecular flexibility index (Phi) is 3.81. The van der Waals surface area contributed by atoms with E-state index in [1.807, 2.05) is 36.4 Å². The Morgan fingerprint density at radius 2 is 2.00 bits per heavy atom. The summed E-state index contributed by atoms with van der Waals surface area (Å²) in [6.07, 6.45) is 4.35. The first kappa shape index (κ1) is 12.9. The molecule has 0 spiro atoms. The van der Waals surface area contributed by atoms with Crippen LogP contribution in [0.1, 0.15) is 31.4 Å². The van der Waals surface area contributed by atoms with E-state index in [0.717, 1.165) is 24.1 Å². The lowest BCUT2D eigenvalue weighted by Crippen LogP contribution is -2.28. The Morgan fingerprint density at radius 1 is 1.25 bits per heavy atom. The van der Waals surface area contributed by atoms with Crippen LogP contribution in [0.25, 0.3) is 11.3 Å². The van der Waals surface area contributed by atoms with Crippen LogP contribution in [-0.4, -0.2) is 11.1 Å². The molecule has 0 bridgehead atoms. The molecule has 104 valence electrons. The Hall–Kier alpha value is -2.10. The smallest absolute Gasteiger partial charge is 0.223 e. The Balaban J connectivity index is 1.59. The zero-order valence-electron chi connectivity index (χ0n) is 11.3. The second kappa shape index (κ2) is 5.90. The number of benzene rings is 1. The Labute approximate surface area is 118 Å². The van der Waals surface area contributed by atoms with Crippen LogP contribution in [0, 0.1) is 5.92 Å². The highest BCUT2D eigenvalue weighted by Gasteiger charge is 2.22. The number of amides is 1. The van der Waals surface area contributed by atoms with E-state index in [9.17, 15) is 4.79 Å². The molecule has 1 aliphatic rings. The number of rotatable bonds is 4. The molecule has 4 nitrogen and oxygen atoms in total. The van der Waals surface area contributed by atoms with Crippen LogP contribution in [0.4, 0.5) is 0 Å². The van der Waals surface area contributed by atoms with Gasteiger partial charge in [0.05, 0.1) is 6.54 Å². The predicted octanol–water partition coefficient (Wildman–Crippen LogP) is 3.15. The lowest BCUT2D eigenvalue weighted by molar-refractivity contribution is -0.125. The van der Waals surface area contributed by atoms with Crippen LogP contribution in [-0.2, 0) is 11.3 Å². The van der Waals surface area contributed by atoms with Crippen LogP contribution in [0.15, 0.2) is 40.9 Å². The first-order chi connectivity index (χ1) is 9.83. The van der Waals surface area contributed by atoms with Gasteiger partial charge in [-0.1, -0.05) is 48.3 Å². The molecule has 1 heterocycles. The number of hydrogen-bond acceptors (Lipinski definition) is 3. The van der Waals surface area contributed by atoms with Crippen LogP contribution in [0.2, 0.25) is 0 Å². The van der Waals surface area contributed by atoms with Crippen LogP contribution in [0.5, 0.6) is 0 Å². The van der Waals surface area contributed by atoms with Crippen molar-refractivity contribution < 1.29 is 9.32 Å². The fourth-order valence-corrected chi connectivity index (χ4v) is 2.65. The van der Waals surface area contributed by atoms with Gasteiger partial charge < -0.3 is 9.84 Å². The van der Waals surface area contributed by atoms with E-state index in [-0.39, 0.29) is 11.8 Å². The molecule has 1 aromatic carbocycles. The number of hydrogen-bond donors (Lipinski definition) is 1. The summed E-state index contributed by atoms with van der Waals surface area (Å²) in [4.78, 5) is 11.9. The number of carbonyl (C=O) groups excluding carboxylic acids is 1. The predicted molar refractivity (Wildman–Crippen MR) is 75.7 cm³/mol. The molecule has 1 amide bonds. The van der Waals surface area contributed by atoms with Gasteiger partial charge in [-0.05, 0) is 12.8 Å². The lowest BCUT2D eigenvalue weighted by atomic mass is 10.1. The average Bonchev–Trinajstić information content (AvgIpc) is 3.17. The molecule has 1 fully saturated rings. The molecule has 2 aromatic rings. The summed E-state index contributed by atoms with van der Waals surface area (Å²) in [6.45, 7) is 0.412. The van der Waals surface area contributed by atoms with E-state index >= 15 is 0 Å². The van der Waals surface area contributed by atoms with Gasteiger partial charge in [-0.15, -0.1) is 0 Å². The number of nitrogens with zero attached hydrogens (tertiary/aromatic N) is 1.